The minimum Gasteiger partial charge on any atom is -0.493 e. The molecule has 0 aliphatic rings. The summed E-state index contributed by atoms with van der Waals surface area (Å²) in [5.74, 6) is 0.534. The number of nitrogens with zero attached hydrogens (tertiary/aromatic N) is 1. The first-order chi connectivity index (χ1) is 12.2. The van der Waals surface area contributed by atoms with Gasteiger partial charge in [-0.15, -0.1) is 0 Å². The zero-order valence-corrected chi connectivity index (χ0v) is 14.4. The summed E-state index contributed by atoms with van der Waals surface area (Å²) in [5.41, 5.74) is 1.48. The Kier molecular flexibility index (Phi) is 7.92. The van der Waals surface area contributed by atoms with Gasteiger partial charge in [0.25, 0.3) is 5.69 Å². The molecule has 2 rings (SSSR count). The molecule has 2 aromatic rings. The molecule has 134 valence electrons. The summed E-state index contributed by atoms with van der Waals surface area (Å²) >= 11 is 0. The average Bonchev–Trinajstić information content (AvgIpc) is 2.64. The van der Waals surface area contributed by atoms with E-state index >= 15 is 0 Å². The van der Waals surface area contributed by atoms with Gasteiger partial charge < -0.3 is 9.84 Å². The molecular weight excluding hydrogens is 318 g/mol. The summed E-state index contributed by atoms with van der Waals surface area (Å²) in [4.78, 5) is 11.0. The van der Waals surface area contributed by atoms with Crippen molar-refractivity contribution in [2.75, 3.05) is 13.2 Å². The van der Waals surface area contributed by atoms with Crippen LogP contribution in [0.15, 0.2) is 48.5 Å². The summed E-state index contributed by atoms with van der Waals surface area (Å²) in [6, 6.07) is 14.4. The van der Waals surface area contributed by atoms with Crippen molar-refractivity contribution in [3.05, 3.63) is 58.6 Å². The Morgan fingerprint density at radius 2 is 1.60 bits per heavy atom. The van der Waals surface area contributed by atoms with Crippen LogP contribution in [-0.2, 0) is 0 Å². The predicted molar refractivity (Wildman–Crippen MR) is 98.8 cm³/mol. The van der Waals surface area contributed by atoms with Crippen molar-refractivity contribution in [3.63, 3.8) is 0 Å². The smallest absolute Gasteiger partial charge is 0.280 e. The third kappa shape index (κ3) is 6.19. The van der Waals surface area contributed by atoms with E-state index in [0.29, 0.717) is 17.9 Å². The van der Waals surface area contributed by atoms with Crippen molar-refractivity contribution >= 4 is 5.69 Å². The average molecular weight is 343 g/mol. The number of nitro benzene ring substituents is 1. The van der Waals surface area contributed by atoms with E-state index in [1.807, 2.05) is 30.3 Å². The van der Waals surface area contributed by atoms with E-state index in [-0.39, 0.29) is 17.2 Å². The molecule has 0 spiro atoms. The summed E-state index contributed by atoms with van der Waals surface area (Å²) in [5, 5.41) is 20.1. The number of aliphatic hydroxyl groups is 1. The van der Waals surface area contributed by atoms with Gasteiger partial charge >= 0.3 is 0 Å². The molecule has 0 fully saturated rings. The maximum absolute atomic E-state index is 11.4. The minimum atomic E-state index is -0.365. The lowest BCUT2D eigenvalue weighted by atomic mass is 10.0. The highest BCUT2D eigenvalue weighted by molar-refractivity contribution is 5.74. The highest BCUT2D eigenvalue weighted by Crippen LogP contribution is 2.33. The molecule has 0 unspecified atom stereocenters. The molecule has 1 N–H and O–H groups in total. The Balaban J connectivity index is 1.88. The van der Waals surface area contributed by atoms with Gasteiger partial charge in [-0.05, 0) is 30.5 Å². The minimum absolute atomic E-state index is 0.0627. The number of aliphatic hydroxyl groups excluding tert-OH is 1. The summed E-state index contributed by atoms with van der Waals surface area (Å²) in [6.45, 7) is 0.822. The Morgan fingerprint density at radius 1 is 0.920 bits per heavy atom. The van der Waals surface area contributed by atoms with Crippen molar-refractivity contribution in [3.8, 4) is 16.9 Å². The van der Waals surface area contributed by atoms with Gasteiger partial charge in [0.05, 0.1) is 23.2 Å². The molecule has 2 aromatic carbocycles. The normalized spacial score (nSPS) is 10.6. The SMILES string of the molecule is O=[N+]([O-])c1cc(OCCCCCCCCO)ccc1-c1ccccc1. The third-order valence-electron chi connectivity index (χ3n) is 4.07. The molecule has 0 heterocycles. The number of unbranched alkanes of at least 4 members (excludes halogenated alkanes) is 5. The van der Waals surface area contributed by atoms with Crippen molar-refractivity contribution < 1.29 is 14.8 Å². The fourth-order valence-corrected chi connectivity index (χ4v) is 2.73. The monoisotopic (exact) mass is 343 g/mol. The number of rotatable bonds is 11. The van der Waals surface area contributed by atoms with Gasteiger partial charge in [0.15, 0.2) is 0 Å². The van der Waals surface area contributed by atoms with E-state index in [4.69, 9.17) is 9.84 Å². The van der Waals surface area contributed by atoms with Gasteiger partial charge in [-0.3, -0.25) is 10.1 Å². The second kappa shape index (κ2) is 10.5. The molecule has 5 nitrogen and oxygen atoms in total. The maximum Gasteiger partial charge on any atom is 0.280 e. The lowest BCUT2D eigenvalue weighted by molar-refractivity contribution is -0.384. The Labute approximate surface area is 148 Å². The lowest BCUT2D eigenvalue weighted by Gasteiger charge is -2.08. The predicted octanol–water partition coefficient (Wildman–Crippen LogP) is 4.97. The first kappa shape index (κ1) is 18.9. The van der Waals surface area contributed by atoms with E-state index in [1.165, 1.54) is 6.07 Å². The first-order valence-corrected chi connectivity index (χ1v) is 8.80. The van der Waals surface area contributed by atoms with Gasteiger partial charge in [-0.1, -0.05) is 56.0 Å². The molecular formula is C20H25NO4. The number of benzene rings is 2. The molecule has 0 bridgehead atoms. The second-order valence-corrected chi connectivity index (χ2v) is 6.00. The first-order valence-electron chi connectivity index (χ1n) is 8.80. The van der Waals surface area contributed by atoms with Crippen molar-refractivity contribution in [1.82, 2.24) is 0 Å². The summed E-state index contributed by atoms with van der Waals surface area (Å²) in [7, 11) is 0. The maximum atomic E-state index is 11.4. The van der Waals surface area contributed by atoms with Crippen LogP contribution in [0, 0.1) is 10.1 Å². The van der Waals surface area contributed by atoms with Crippen LogP contribution in [-0.4, -0.2) is 23.2 Å². The van der Waals surface area contributed by atoms with Crippen molar-refractivity contribution in [2.45, 2.75) is 38.5 Å². The number of hydrogen-bond donors (Lipinski definition) is 1. The molecule has 0 atom stereocenters. The number of ether oxygens (including phenoxy) is 1. The topological polar surface area (TPSA) is 72.6 Å². The van der Waals surface area contributed by atoms with E-state index < -0.39 is 0 Å². The highest BCUT2D eigenvalue weighted by Gasteiger charge is 2.16. The Hall–Kier alpha value is -2.40. The van der Waals surface area contributed by atoms with Crippen LogP contribution in [0.3, 0.4) is 0 Å². The van der Waals surface area contributed by atoms with Crippen LogP contribution in [0.25, 0.3) is 11.1 Å². The lowest BCUT2D eigenvalue weighted by Crippen LogP contribution is -1.99. The zero-order valence-electron chi connectivity index (χ0n) is 14.4. The summed E-state index contributed by atoms with van der Waals surface area (Å²) in [6.07, 6.45) is 6.16. The van der Waals surface area contributed by atoms with Gasteiger partial charge in [-0.25, -0.2) is 0 Å². The zero-order chi connectivity index (χ0) is 17.9. The van der Waals surface area contributed by atoms with E-state index in [1.54, 1.807) is 12.1 Å². The van der Waals surface area contributed by atoms with Crippen LogP contribution in [0.5, 0.6) is 5.75 Å². The van der Waals surface area contributed by atoms with E-state index in [9.17, 15) is 10.1 Å². The molecule has 25 heavy (non-hydrogen) atoms. The molecule has 5 heteroatoms. The van der Waals surface area contributed by atoms with Gasteiger partial charge in [-0.2, -0.15) is 0 Å². The van der Waals surface area contributed by atoms with Crippen LogP contribution >= 0.6 is 0 Å². The molecule has 0 aromatic heterocycles. The largest absolute Gasteiger partial charge is 0.493 e. The quantitative estimate of drug-likeness (QED) is 0.355. The van der Waals surface area contributed by atoms with Crippen LogP contribution in [0.1, 0.15) is 38.5 Å². The molecule has 0 radical (unpaired) electrons. The van der Waals surface area contributed by atoms with E-state index in [2.05, 4.69) is 0 Å². The van der Waals surface area contributed by atoms with Crippen molar-refractivity contribution in [2.24, 2.45) is 0 Å². The highest BCUT2D eigenvalue weighted by atomic mass is 16.6. The molecule has 0 saturated carbocycles. The Bertz CT molecular complexity index is 658. The fourth-order valence-electron chi connectivity index (χ4n) is 2.73. The third-order valence-corrected chi connectivity index (χ3v) is 4.07. The van der Waals surface area contributed by atoms with Crippen LogP contribution in [0.2, 0.25) is 0 Å². The molecule has 0 aliphatic heterocycles. The van der Waals surface area contributed by atoms with E-state index in [0.717, 1.165) is 44.1 Å². The molecule has 0 amide bonds. The Morgan fingerprint density at radius 3 is 2.28 bits per heavy atom. The standard InChI is InChI=1S/C20H25NO4/c22-14-8-3-1-2-4-9-15-25-18-12-13-19(20(16-18)21(23)24)17-10-6-5-7-11-17/h5-7,10-13,16,22H,1-4,8-9,14-15H2. The molecule has 0 aliphatic carbocycles. The van der Waals surface area contributed by atoms with Crippen LogP contribution < -0.4 is 4.74 Å². The van der Waals surface area contributed by atoms with Gasteiger partial charge in [0.1, 0.15) is 5.75 Å². The number of nitro groups is 1. The van der Waals surface area contributed by atoms with Crippen LogP contribution in [0.4, 0.5) is 5.69 Å². The van der Waals surface area contributed by atoms with Crippen molar-refractivity contribution in [1.29, 1.82) is 0 Å². The van der Waals surface area contributed by atoms with Gasteiger partial charge in [0.2, 0.25) is 0 Å². The molecule has 0 saturated heterocycles. The number of hydrogen-bond acceptors (Lipinski definition) is 4. The summed E-state index contributed by atoms with van der Waals surface area (Å²) < 4.78 is 5.67. The van der Waals surface area contributed by atoms with Gasteiger partial charge in [0, 0.05) is 6.61 Å². The fraction of sp³-hybridized carbons (Fsp3) is 0.400. The second-order valence-electron chi connectivity index (χ2n) is 6.00.